The summed E-state index contributed by atoms with van der Waals surface area (Å²) in [6.45, 7) is 2.53. The van der Waals surface area contributed by atoms with Gasteiger partial charge in [-0.05, 0) is 42.8 Å². The first-order chi connectivity index (χ1) is 15.6. The van der Waals surface area contributed by atoms with Gasteiger partial charge in [0.25, 0.3) is 0 Å². The minimum absolute atomic E-state index is 0.109. The fourth-order valence-corrected chi connectivity index (χ4v) is 3.44. The number of aromatic amines is 1. The van der Waals surface area contributed by atoms with Crippen LogP contribution >= 0.6 is 11.8 Å². The van der Waals surface area contributed by atoms with Crippen LogP contribution in [0.4, 0.5) is 5.95 Å². The molecular weight excluding hydrogens is 432 g/mol. The predicted molar refractivity (Wildman–Crippen MR) is 120 cm³/mol. The Kier molecular flexibility index (Phi) is 6.75. The zero-order valence-electron chi connectivity index (χ0n) is 17.5. The summed E-state index contributed by atoms with van der Waals surface area (Å²) in [5, 5.41) is 14.5. The summed E-state index contributed by atoms with van der Waals surface area (Å²) in [5.41, 5.74) is 5.46. The smallest absolute Gasteiger partial charge is 0.240 e. The van der Waals surface area contributed by atoms with Crippen LogP contribution in [0.25, 0.3) is 0 Å². The van der Waals surface area contributed by atoms with E-state index in [4.69, 9.17) is 14.2 Å². The Balaban J connectivity index is 1.23. The van der Waals surface area contributed by atoms with E-state index in [2.05, 4.69) is 31.0 Å². The molecule has 0 radical (unpaired) electrons. The zero-order valence-corrected chi connectivity index (χ0v) is 18.4. The van der Waals surface area contributed by atoms with E-state index in [1.54, 1.807) is 7.11 Å². The van der Waals surface area contributed by atoms with Gasteiger partial charge in [0, 0.05) is 12.1 Å². The predicted octanol–water partition coefficient (Wildman–Crippen LogP) is 2.79. The van der Waals surface area contributed by atoms with Crippen LogP contribution in [0.5, 0.6) is 17.2 Å². The Morgan fingerprint density at radius 1 is 1.22 bits per heavy atom. The van der Waals surface area contributed by atoms with Crippen molar-refractivity contribution < 1.29 is 19.0 Å². The molecule has 1 amide bonds. The number of methoxy groups -OCH3 is 1. The van der Waals surface area contributed by atoms with E-state index in [1.165, 1.54) is 11.8 Å². The van der Waals surface area contributed by atoms with Crippen molar-refractivity contribution in [1.29, 1.82) is 0 Å². The largest absolute Gasteiger partial charge is 0.497 e. The highest BCUT2D eigenvalue weighted by molar-refractivity contribution is 7.99. The Morgan fingerprint density at radius 2 is 2.03 bits per heavy atom. The van der Waals surface area contributed by atoms with Crippen LogP contribution in [0.15, 0.2) is 52.7 Å². The number of carbonyl (C=O) groups is 1. The number of hydrogen-bond donors (Lipinski definition) is 3. The molecular formula is C21H22N6O4S. The van der Waals surface area contributed by atoms with E-state index in [1.807, 2.05) is 49.4 Å². The maximum absolute atomic E-state index is 12.1. The molecule has 0 spiro atoms. The zero-order chi connectivity index (χ0) is 22.3. The van der Waals surface area contributed by atoms with Gasteiger partial charge in [0.1, 0.15) is 5.75 Å². The number of carbonyl (C=O) groups excluding carboxylic acids is 1. The number of amides is 1. The molecule has 4 rings (SSSR count). The molecule has 11 heteroatoms. The SMILES string of the molecule is COc1ccc(CNC(=O)CSc2n[nH]c(N/N=C(\C)c3ccc4c(c3)OCO4)n2)cc1. The molecule has 2 aromatic carbocycles. The number of rotatable bonds is 9. The first-order valence-electron chi connectivity index (χ1n) is 9.76. The van der Waals surface area contributed by atoms with Crippen molar-refractivity contribution in [3.8, 4) is 17.2 Å². The van der Waals surface area contributed by atoms with Gasteiger partial charge in [-0.25, -0.2) is 10.5 Å². The van der Waals surface area contributed by atoms with Gasteiger partial charge in [-0.2, -0.15) is 10.1 Å². The molecule has 3 N–H and O–H groups in total. The van der Waals surface area contributed by atoms with Crippen LogP contribution in [0.2, 0.25) is 0 Å². The Labute approximate surface area is 188 Å². The molecule has 0 aliphatic carbocycles. The minimum atomic E-state index is -0.109. The Bertz CT molecular complexity index is 1120. The minimum Gasteiger partial charge on any atom is -0.497 e. The highest BCUT2D eigenvalue weighted by Crippen LogP contribution is 2.32. The van der Waals surface area contributed by atoms with Crippen molar-refractivity contribution in [3.63, 3.8) is 0 Å². The second-order valence-electron chi connectivity index (χ2n) is 6.76. The molecule has 2 heterocycles. The summed E-state index contributed by atoms with van der Waals surface area (Å²) in [5.74, 6) is 2.67. The monoisotopic (exact) mass is 454 g/mol. The lowest BCUT2D eigenvalue weighted by Gasteiger charge is -2.05. The molecule has 1 aliphatic rings. The Morgan fingerprint density at radius 3 is 2.84 bits per heavy atom. The van der Waals surface area contributed by atoms with Gasteiger partial charge in [-0.1, -0.05) is 23.9 Å². The highest BCUT2D eigenvalue weighted by Gasteiger charge is 2.14. The van der Waals surface area contributed by atoms with Crippen molar-refractivity contribution in [2.24, 2.45) is 5.10 Å². The van der Waals surface area contributed by atoms with Crippen molar-refractivity contribution in [3.05, 3.63) is 53.6 Å². The van der Waals surface area contributed by atoms with Crippen molar-refractivity contribution in [2.45, 2.75) is 18.6 Å². The maximum atomic E-state index is 12.1. The number of nitrogens with one attached hydrogen (secondary N) is 3. The molecule has 0 saturated carbocycles. The van der Waals surface area contributed by atoms with Crippen LogP contribution in [0, 0.1) is 0 Å². The van der Waals surface area contributed by atoms with Crippen molar-refractivity contribution in [1.82, 2.24) is 20.5 Å². The molecule has 0 fully saturated rings. The molecule has 166 valence electrons. The topological polar surface area (TPSA) is 123 Å². The highest BCUT2D eigenvalue weighted by atomic mass is 32.2. The second-order valence-corrected chi connectivity index (χ2v) is 7.70. The van der Waals surface area contributed by atoms with Crippen LogP contribution < -0.4 is 25.0 Å². The summed E-state index contributed by atoms with van der Waals surface area (Å²) < 4.78 is 15.8. The van der Waals surface area contributed by atoms with Crippen molar-refractivity contribution >= 4 is 29.3 Å². The van der Waals surface area contributed by atoms with Crippen LogP contribution in [-0.4, -0.2) is 46.5 Å². The van der Waals surface area contributed by atoms with E-state index >= 15 is 0 Å². The molecule has 0 atom stereocenters. The third kappa shape index (κ3) is 5.49. The summed E-state index contributed by atoms with van der Waals surface area (Å²) in [6.07, 6.45) is 0. The Hall–Kier alpha value is -3.73. The summed E-state index contributed by atoms with van der Waals surface area (Å²) in [4.78, 5) is 16.4. The van der Waals surface area contributed by atoms with Gasteiger partial charge in [0.2, 0.25) is 23.8 Å². The fourth-order valence-electron chi connectivity index (χ4n) is 2.81. The third-order valence-electron chi connectivity index (χ3n) is 4.57. The first-order valence-corrected chi connectivity index (χ1v) is 10.7. The van der Waals surface area contributed by atoms with Crippen LogP contribution in [0.1, 0.15) is 18.1 Å². The third-order valence-corrected chi connectivity index (χ3v) is 5.41. The van der Waals surface area contributed by atoms with Gasteiger partial charge in [0.05, 0.1) is 18.6 Å². The normalized spacial score (nSPS) is 12.5. The number of thioether (sulfide) groups is 1. The summed E-state index contributed by atoms with van der Waals surface area (Å²) in [7, 11) is 1.62. The second kappa shape index (κ2) is 10.1. The standard InChI is InChI=1S/C21H22N6O4S/c1-13(15-5-8-17-18(9-15)31-12-30-17)24-25-20-23-21(27-26-20)32-11-19(28)22-10-14-3-6-16(29-2)7-4-14/h3-9H,10-12H2,1-2H3,(H,22,28)(H2,23,25,26,27)/b24-13+. The number of ether oxygens (including phenoxy) is 3. The number of fused-ring (bicyclic) bond motifs is 1. The summed E-state index contributed by atoms with van der Waals surface area (Å²) >= 11 is 1.23. The molecule has 1 aromatic heterocycles. The van der Waals surface area contributed by atoms with Crippen LogP contribution in [-0.2, 0) is 11.3 Å². The number of hydrazone groups is 1. The molecule has 0 unspecified atom stereocenters. The molecule has 32 heavy (non-hydrogen) atoms. The average molecular weight is 455 g/mol. The molecule has 0 bridgehead atoms. The van der Waals surface area contributed by atoms with Crippen molar-refractivity contribution in [2.75, 3.05) is 25.1 Å². The number of H-pyrrole nitrogens is 1. The van der Waals surface area contributed by atoms with Crippen LogP contribution in [0.3, 0.4) is 0 Å². The molecule has 10 nitrogen and oxygen atoms in total. The van der Waals surface area contributed by atoms with Gasteiger partial charge in [-0.3, -0.25) is 4.79 Å². The van der Waals surface area contributed by atoms with E-state index in [0.29, 0.717) is 23.4 Å². The number of aromatic nitrogens is 3. The number of nitrogens with zero attached hydrogens (tertiary/aromatic N) is 3. The van der Waals surface area contributed by atoms with Gasteiger partial charge >= 0.3 is 0 Å². The van der Waals surface area contributed by atoms with Gasteiger partial charge in [0.15, 0.2) is 11.5 Å². The average Bonchev–Trinajstić information content (AvgIpc) is 3.49. The van der Waals surface area contributed by atoms with Gasteiger partial charge in [-0.15, -0.1) is 5.10 Å². The lowest BCUT2D eigenvalue weighted by atomic mass is 10.1. The van der Waals surface area contributed by atoms with Gasteiger partial charge < -0.3 is 19.5 Å². The van der Waals surface area contributed by atoms with E-state index in [9.17, 15) is 4.79 Å². The number of hydrogen-bond acceptors (Lipinski definition) is 9. The number of benzene rings is 2. The molecule has 3 aromatic rings. The molecule has 1 aliphatic heterocycles. The molecule has 0 saturated heterocycles. The maximum Gasteiger partial charge on any atom is 0.240 e. The van der Waals surface area contributed by atoms with E-state index < -0.39 is 0 Å². The van der Waals surface area contributed by atoms with E-state index in [0.717, 1.165) is 28.3 Å². The summed E-state index contributed by atoms with van der Waals surface area (Å²) in [6, 6.07) is 13.1. The fraction of sp³-hybridized carbons (Fsp3) is 0.238. The van der Waals surface area contributed by atoms with E-state index in [-0.39, 0.29) is 18.5 Å². The number of anilines is 1. The lowest BCUT2D eigenvalue weighted by molar-refractivity contribution is -0.118. The quantitative estimate of drug-likeness (QED) is 0.256. The lowest BCUT2D eigenvalue weighted by Crippen LogP contribution is -2.24. The first kappa shape index (κ1) is 21.5.